The SMILES string of the molecule is FC(F)SCc1ccc(CNC2CCCOc3ccccc32)o1. The Bertz CT molecular complexity index is 633. The van der Waals surface area contributed by atoms with Crippen LogP contribution in [-0.2, 0) is 12.3 Å². The van der Waals surface area contributed by atoms with Crippen molar-refractivity contribution in [3.8, 4) is 5.75 Å². The maximum atomic E-state index is 12.2. The Hall–Kier alpha value is -1.53. The average Bonchev–Trinajstić information content (AvgIpc) is 2.91. The molecule has 1 aromatic carbocycles. The Kier molecular flexibility index (Phi) is 5.56. The van der Waals surface area contributed by atoms with Crippen molar-refractivity contribution in [2.75, 3.05) is 6.61 Å². The highest BCUT2D eigenvalue weighted by atomic mass is 32.2. The molecule has 0 saturated carbocycles. The number of hydrogen-bond acceptors (Lipinski definition) is 4. The maximum absolute atomic E-state index is 12.2. The lowest BCUT2D eigenvalue weighted by molar-refractivity contribution is 0.251. The summed E-state index contributed by atoms with van der Waals surface area (Å²) in [6.45, 7) is 1.29. The van der Waals surface area contributed by atoms with Crippen LogP contribution in [0.2, 0.25) is 0 Å². The van der Waals surface area contributed by atoms with Crippen LogP contribution in [0.3, 0.4) is 0 Å². The number of alkyl halides is 2. The molecule has 3 nitrogen and oxygen atoms in total. The predicted molar refractivity (Wildman–Crippen MR) is 86.8 cm³/mol. The lowest BCUT2D eigenvalue weighted by Gasteiger charge is -2.17. The third-order valence-corrected chi connectivity index (χ3v) is 4.48. The van der Waals surface area contributed by atoms with Gasteiger partial charge in [-0.15, -0.1) is 0 Å². The van der Waals surface area contributed by atoms with Crippen LogP contribution in [0, 0.1) is 0 Å². The van der Waals surface area contributed by atoms with Crippen LogP contribution in [0.1, 0.15) is 36.0 Å². The van der Waals surface area contributed by atoms with E-state index >= 15 is 0 Å². The highest BCUT2D eigenvalue weighted by Gasteiger charge is 2.19. The first-order valence-corrected chi connectivity index (χ1v) is 8.69. The van der Waals surface area contributed by atoms with E-state index in [1.165, 1.54) is 0 Å². The molecule has 0 radical (unpaired) electrons. The number of thioether (sulfide) groups is 1. The first-order valence-electron chi connectivity index (χ1n) is 7.65. The van der Waals surface area contributed by atoms with Crippen LogP contribution >= 0.6 is 11.8 Å². The molecular formula is C17H19F2NO2S. The van der Waals surface area contributed by atoms with E-state index in [0.29, 0.717) is 24.1 Å². The van der Waals surface area contributed by atoms with E-state index < -0.39 is 5.76 Å². The first kappa shape index (κ1) is 16.3. The second kappa shape index (κ2) is 7.84. The number of furan rings is 1. The summed E-state index contributed by atoms with van der Waals surface area (Å²) in [6.07, 6.45) is 1.98. The molecular weight excluding hydrogens is 320 g/mol. The van der Waals surface area contributed by atoms with Crippen LogP contribution in [-0.4, -0.2) is 12.4 Å². The number of halogens is 2. The largest absolute Gasteiger partial charge is 0.493 e. The molecule has 1 atom stereocenters. The van der Waals surface area contributed by atoms with Gasteiger partial charge in [0, 0.05) is 11.6 Å². The fraction of sp³-hybridized carbons (Fsp3) is 0.412. The van der Waals surface area contributed by atoms with Crippen molar-refractivity contribution in [3.05, 3.63) is 53.5 Å². The van der Waals surface area contributed by atoms with Crippen molar-refractivity contribution in [2.45, 2.75) is 36.9 Å². The molecule has 0 spiro atoms. The molecule has 6 heteroatoms. The van der Waals surface area contributed by atoms with Crippen LogP contribution in [0.15, 0.2) is 40.8 Å². The van der Waals surface area contributed by atoms with Crippen molar-refractivity contribution in [1.82, 2.24) is 5.32 Å². The third kappa shape index (κ3) is 4.48. The van der Waals surface area contributed by atoms with Crippen LogP contribution in [0.5, 0.6) is 5.75 Å². The highest BCUT2D eigenvalue weighted by molar-refractivity contribution is 7.98. The van der Waals surface area contributed by atoms with E-state index in [1.807, 2.05) is 24.3 Å². The maximum Gasteiger partial charge on any atom is 0.284 e. The zero-order valence-corrected chi connectivity index (χ0v) is 13.5. The Labute approximate surface area is 138 Å². The monoisotopic (exact) mass is 339 g/mol. The van der Waals surface area contributed by atoms with Gasteiger partial charge in [-0.25, -0.2) is 0 Å². The number of ether oxygens (including phenoxy) is 1. The predicted octanol–water partition coefficient (Wildman–Crippen LogP) is 4.74. The van der Waals surface area contributed by atoms with Gasteiger partial charge in [-0.3, -0.25) is 0 Å². The minimum absolute atomic E-state index is 0.192. The fourth-order valence-corrected chi connectivity index (χ4v) is 3.15. The molecule has 2 aromatic rings. The van der Waals surface area contributed by atoms with Crippen molar-refractivity contribution in [1.29, 1.82) is 0 Å². The molecule has 0 fully saturated rings. The number of para-hydroxylation sites is 1. The minimum Gasteiger partial charge on any atom is -0.493 e. The van der Waals surface area contributed by atoms with Crippen LogP contribution in [0.4, 0.5) is 8.78 Å². The minimum atomic E-state index is -2.37. The number of nitrogens with one attached hydrogen (secondary N) is 1. The Morgan fingerprint density at radius 3 is 2.87 bits per heavy atom. The van der Waals surface area contributed by atoms with E-state index in [9.17, 15) is 8.78 Å². The zero-order valence-electron chi connectivity index (χ0n) is 12.6. The quantitative estimate of drug-likeness (QED) is 0.824. The smallest absolute Gasteiger partial charge is 0.284 e. The molecule has 23 heavy (non-hydrogen) atoms. The molecule has 1 unspecified atom stereocenters. The number of rotatable bonds is 6. The molecule has 1 aliphatic rings. The molecule has 1 N–H and O–H groups in total. The molecule has 3 rings (SSSR count). The lowest BCUT2D eigenvalue weighted by atomic mass is 10.0. The van der Waals surface area contributed by atoms with Gasteiger partial charge in [0.15, 0.2) is 0 Å². The van der Waals surface area contributed by atoms with Crippen molar-refractivity contribution >= 4 is 11.8 Å². The highest BCUT2D eigenvalue weighted by Crippen LogP contribution is 2.31. The Morgan fingerprint density at radius 2 is 2.00 bits per heavy atom. The topological polar surface area (TPSA) is 34.4 Å². The molecule has 2 heterocycles. The summed E-state index contributed by atoms with van der Waals surface area (Å²) >= 11 is 0.573. The second-order valence-electron chi connectivity index (χ2n) is 5.40. The van der Waals surface area contributed by atoms with Gasteiger partial charge in [0.2, 0.25) is 0 Å². The van der Waals surface area contributed by atoms with E-state index in [-0.39, 0.29) is 11.8 Å². The van der Waals surface area contributed by atoms with Gasteiger partial charge in [-0.05, 0) is 31.0 Å². The average molecular weight is 339 g/mol. The third-order valence-electron chi connectivity index (χ3n) is 3.78. The van der Waals surface area contributed by atoms with Crippen molar-refractivity contribution < 1.29 is 17.9 Å². The van der Waals surface area contributed by atoms with E-state index in [2.05, 4.69) is 11.4 Å². The van der Waals surface area contributed by atoms with E-state index in [0.717, 1.165) is 36.5 Å². The van der Waals surface area contributed by atoms with Gasteiger partial charge in [-0.2, -0.15) is 8.78 Å². The van der Waals surface area contributed by atoms with Gasteiger partial charge >= 0.3 is 0 Å². The molecule has 124 valence electrons. The molecule has 0 aliphatic carbocycles. The van der Waals surface area contributed by atoms with Gasteiger partial charge in [0.05, 0.1) is 18.9 Å². The standard InChI is InChI=1S/C17H19F2NO2S/c18-17(19)23-11-13-8-7-12(22-13)10-20-15-5-3-9-21-16-6-2-1-4-14(15)16/h1-2,4,6-8,15,17,20H,3,5,9-11H2. The summed E-state index contributed by atoms with van der Waals surface area (Å²) in [4.78, 5) is 0. The molecule has 1 aliphatic heterocycles. The van der Waals surface area contributed by atoms with Gasteiger partial charge in [0.1, 0.15) is 17.3 Å². The second-order valence-corrected chi connectivity index (χ2v) is 6.38. The van der Waals surface area contributed by atoms with Crippen molar-refractivity contribution in [3.63, 3.8) is 0 Å². The summed E-state index contributed by atoms with van der Waals surface area (Å²) < 4.78 is 35.7. The summed E-state index contributed by atoms with van der Waals surface area (Å²) in [6, 6.07) is 11.9. The van der Waals surface area contributed by atoms with E-state index in [4.69, 9.17) is 9.15 Å². The Morgan fingerprint density at radius 1 is 1.17 bits per heavy atom. The van der Waals surface area contributed by atoms with E-state index in [1.54, 1.807) is 6.07 Å². The summed E-state index contributed by atoms with van der Waals surface area (Å²) in [5.74, 6) is 0.0898. The van der Waals surface area contributed by atoms with Crippen LogP contribution < -0.4 is 10.1 Å². The normalized spacial score (nSPS) is 17.6. The van der Waals surface area contributed by atoms with Crippen molar-refractivity contribution in [2.24, 2.45) is 0 Å². The number of hydrogen-bond donors (Lipinski definition) is 1. The van der Waals surface area contributed by atoms with Gasteiger partial charge in [-0.1, -0.05) is 30.0 Å². The number of benzene rings is 1. The number of fused-ring (bicyclic) bond motifs is 1. The van der Waals surface area contributed by atoms with Gasteiger partial charge in [0.25, 0.3) is 5.76 Å². The summed E-state index contributed by atoms with van der Waals surface area (Å²) in [5.41, 5.74) is 1.16. The fourth-order valence-electron chi connectivity index (χ4n) is 2.70. The lowest BCUT2D eigenvalue weighted by Crippen LogP contribution is -2.20. The summed E-state index contributed by atoms with van der Waals surface area (Å²) in [7, 11) is 0. The molecule has 0 saturated heterocycles. The molecule has 0 amide bonds. The molecule has 0 bridgehead atoms. The zero-order chi connectivity index (χ0) is 16.1. The summed E-state index contributed by atoms with van der Waals surface area (Å²) in [5, 5.41) is 3.48. The molecule has 1 aromatic heterocycles. The Balaban J connectivity index is 1.60. The van der Waals surface area contributed by atoms with Crippen LogP contribution in [0.25, 0.3) is 0 Å². The first-order chi connectivity index (χ1) is 11.2. The van der Waals surface area contributed by atoms with Gasteiger partial charge < -0.3 is 14.5 Å².